The third-order valence-corrected chi connectivity index (χ3v) is 5.24. The molecular formula is C23H22N4O4. The minimum Gasteiger partial charge on any atom is -0.462 e. The molecule has 0 amide bonds. The molecule has 1 aliphatic rings. The van der Waals surface area contributed by atoms with E-state index in [0.717, 1.165) is 6.42 Å². The van der Waals surface area contributed by atoms with E-state index in [1.807, 2.05) is 36.4 Å². The van der Waals surface area contributed by atoms with Gasteiger partial charge >= 0.3 is 5.97 Å². The van der Waals surface area contributed by atoms with Crippen molar-refractivity contribution in [1.29, 1.82) is 0 Å². The standard InChI is InChI=1S/C23H22N4O4/c1-13(2)9-10-29-23(28)19-20-22(26-16-6-4-3-5-15(16)25-20)27(21(19)24)14-7-8-17-18(11-14)31-12-30-17/h3-8,11,13H,9-10,12,24H2,1-2H3. The Morgan fingerprint density at radius 1 is 1.13 bits per heavy atom. The lowest BCUT2D eigenvalue weighted by Crippen LogP contribution is -2.11. The molecule has 0 radical (unpaired) electrons. The zero-order chi connectivity index (χ0) is 21.5. The van der Waals surface area contributed by atoms with Crippen LogP contribution in [0.5, 0.6) is 11.5 Å². The summed E-state index contributed by atoms with van der Waals surface area (Å²) in [5, 5.41) is 0. The second kappa shape index (κ2) is 7.46. The highest BCUT2D eigenvalue weighted by Crippen LogP contribution is 2.37. The van der Waals surface area contributed by atoms with Crippen molar-refractivity contribution in [3.63, 3.8) is 0 Å². The maximum atomic E-state index is 13.0. The number of ether oxygens (including phenoxy) is 3. The number of aromatic nitrogens is 3. The third kappa shape index (κ3) is 3.30. The van der Waals surface area contributed by atoms with Crippen LogP contribution in [0.15, 0.2) is 42.5 Å². The summed E-state index contributed by atoms with van der Waals surface area (Å²) in [5.74, 6) is 1.40. The van der Waals surface area contributed by atoms with E-state index in [4.69, 9.17) is 29.9 Å². The predicted molar refractivity (Wildman–Crippen MR) is 117 cm³/mol. The van der Waals surface area contributed by atoms with Crippen LogP contribution >= 0.6 is 0 Å². The van der Waals surface area contributed by atoms with Crippen LogP contribution in [0, 0.1) is 5.92 Å². The van der Waals surface area contributed by atoms with Crippen molar-refractivity contribution in [2.45, 2.75) is 20.3 Å². The summed E-state index contributed by atoms with van der Waals surface area (Å²) < 4.78 is 18.1. The molecule has 8 heteroatoms. The Labute approximate surface area is 178 Å². The first-order chi connectivity index (χ1) is 15.0. The lowest BCUT2D eigenvalue weighted by molar-refractivity contribution is 0.0491. The number of hydrogen-bond donors (Lipinski definition) is 1. The molecule has 3 heterocycles. The van der Waals surface area contributed by atoms with Gasteiger partial charge in [0.2, 0.25) is 6.79 Å². The molecule has 0 saturated heterocycles. The Kier molecular flexibility index (Phi) is 4.62. The number of carbonyl (C=O) groups excluding carboxylic acids is 1. The lowest BCUT2D eigenvalue weighted by atomic mass is 10.1. The number of esters is 1. The molecule has 0 fully saturated rings. The number of para-hydroxylation sites is 2. The Balaban J connectivity index is 1.70. The first-order valence-corrected chi connectivity index (χ1v) is 10.2. The number of carbonyl (C=O) groups is 1. The predicted octanol–water partition coefficient (Wildman–Crippen LogP) is 4.09. The monoisotopic (exact) mass is 418 g/mol. The molecule has 5 rings (SSSR count). The van der Waals surface area contributed by atoms with Gasteiger partial charge in [-0.3, -0.25) is 4.57 Å². The topological polar surface area (TPSA) is 101 Å². The van der Waals surface area contributed by atoms with Gasteiger partial charge in [-0.05, 0) is 36.6 Å². The fraction of sp³-hybridized carbons (Fsp3) is 0.261. The molecule has 158 valence electrons. The van der Waals surface area contributed by atoms with Gasteiger partial charge in [-0.25, -0.2) is 14.8 Å². The second-order valence-corrected chi connectivity index (χ2v) is 7.84. The van der Waals surface area contributed by atoms with Crippen molar-refractivity contribution >= 4 is 34.0 Å². The lowest BCUT2D eigenvalue weighted by Gasteiger charge is -2.09. The van der Waals surface area contributed by atoms with Crippen molar-refractivity contribution in [1.82, 2.24) is 14.5 Å². The van der Waals surface area contributed by atoms with Gasteiger partial charge in [-0.2, -0.15) is 0 Å². The van der Waals surface area contributed by atoms with Gasteiger partial charge in [0, 0.05) is 6.07 Å². The van der Waals surface area contributed by atoms with Crippen LogP contribution in [0.1, 0.15) is 30.6 Å². The van der Waals surface area contributed by atoms with E-state index in [9.17, 15) is 4.79 Å². The normalized spacial score (nSPS) is 12.7. The number of nitrogens with zero attached hydrogens (tertiary/aromatic N) is 3. The fourth-order valence-electron chi connectivity index (χ4n) is 3.61. The summed E-state index contributed by atoms with van der Waals surface area (Å²) in [7, 11) is 0. The Morgan fingerprint density at radius 2 is 1.87 bits per heavy atom. The van der Waals surface area contributed by atoms with Crippen molar-refractivity contribution in [3.05, 3.63) is 48.0 Å². The van der Waals surface area contributed by atoms with Crippen molar-refractivity contribution in [2.24, 2.45) is 5.92 Å². The summed E-state index contributed by atoms with van der Waals surface area (Å²) in [4.78, 5) is 22.5. The summed E-state index contributed by atoms with van der Waals surface area (Å²) in [6, 6.07) is 12.9. The van der Waals surface area contributed by atoms with Crippen LogP contribution in [0.4, 0.5) is 5.82 Å². The van der Waals surface area contributed by atoms with E-state index < -0.39 is 5.97 Å². The highest BCUT2D eigenvalue weighted by Gasteiger charge is 2.27. The average Bonchev–Trinajstić information content (AvgIpc) is 3.32. The molecule has 8 nitrogen and oxygen atoms in total. The maximum Gasteiger partial charge on any atom is 0.344 e. The van der Waals surface area contributed by atoms with E-state index in [1.54, 1.807) is 10.6 Å². The van der Waals surface area contributed by atoms with Gasteiger partial charge in [-0.15, -0.1) is 0 Å². The van der Waals surface area contributed by atoms with Gasteiger partial charge in [-0.1, -0.05) is 26.0 Å². The number of benzene rings is 2. The minimum absolute atomic E-state index is 0.165. The Hall–Kier alpha value is -3.81. The zero-order valence-electron chi connectivity index (χ0n) is 17.3. The van der Waals surface area contributed by atoms with E-state index >= 15 is 0 Å². The van der Waals surface area contributed by atoms with Gasteiger partial charge in [0.1, 0.15) is 16.9 Å². The molecule has 4 aromatic rings. The number of nitrogens with two attached hydrogens (primary N) is 1. The molecule has 0 spiro atoms. The number of anilines is 1. The first kappa shape index (κ1) is 19.2. The van der Waals surface area contributed by atoms with E-state index in [1.165, 1.54) is 0 Å². The van der Waals surface area contributed by atoms with Crippen molar-refractivity contribution in [3.8, 4) is 17.2 Å². The molecular weight excluding hydrogens is 396 g/mol. The fourth-order valence-corrected chi connectivity index (χ4v) is 3.61. The number of rotatable bonds is 5. The van der Waals surface area contributed by atoms with Gasteiger partial charge in [0.25, 0.3) is 0 Å². The van der Waals surface area contributed by atoms with Crippen LogP contribution in [0.25, 0.3) is 27.9 Å². The molecule has 31 heavy (non-hydrogen) atoms. The molecule has 2 aromatic carbocycles. The van der Waals surface area contributed by atoms with Crippen molar-refractivity contribution < 1.29 is 19.0 Å². The van der Waals surface area contributed by atoms with Gasteiger partial charge in [0.05, 0.1) is 23.3 Å². The summed E-state index contributed by atoms with van der Waals surface area (Å²) in [6.45, 7) is 4.63. The molecule has 0 saturated carbocycles. The van der Waals surface area contributed by atoms with Crippen LogP contribution in [0.3, 0.4) is 0 Å². The highest BCUT2D eigenvalue weighted by atomic mass is 16.7. The minimum atomic E-state index is -0.507. The third-order valence-electron chi connectivity index (χ3n) is 5.24. The molecule has 0 atom stereocenters. The number of nitrogen functional groups attached to an aromatic ring is 1. The van der Waals surface area contributed by atoms with E-state index in [2.05, 4.69) is 13.8 Å². The van der Waals surface area contributed by atoms with Gasteiger partial charge < -0.3 is 19.9 Å². The average molecular weight is 418 g/mol. The second-order valence-electron chi connectivity index (χ2n) is 7.84. The highest BCUT2D eigenvalue weighted by molar-refractivity contribution is 6.09. The quantitative estimate of drug-likeness (QED) is 0.487. The molecule has 2 N–H and O–H groups in total. The van der Waals surface area contributed by atoms with Crippen LogP contribution in [-0.2, 0) is 4.74 Å². The van der Waals surface area contributed by atoms with E-state index in [-0.39, 0.29) is 18.2 Å². The Bertz CT molecular complexity index is 1310. The molecule has 1 aliphatic heterocycles. The SMILES string of the molecule is CC(C)CCOC(=O)c1c(N)n(-c2ccc3c(c2)OCO3)c2nc3ccccc3nc12. The van der Waals surface area contributed by atoms with Crippen molar-refractivity contribution in [2.75, 3.05) is 19.1 Å². The summed E-state index contributed by atoms with van der Waals surface area (Å²) in [6.07, 6.45) is 0.765. The first-order valence-electron chi connectivity index (χ1n) is 10.2. The summed E-state index contributed by atoms with van der Waals surface area (Å²) >= 11 is 0. The number of hydrogen-bond acceptors (Lipinski definition) is 7. The summed E-state index contributed by atoms with van der Waals surface area (Å²) in [5.41, 5.74) is 9.67. The zero-order valence-corrected chi connectivity index (χ0v) is 17.3. The molecule has 2 aromatic heterocycles. The van der Waals surface area contributed by atoms with E-state index in [0.29, 0.717) is 51.9 Å². The molecule has 0 bridgehead atoms. The van der Waals surface area contributed by atoms with Crippen LogP contribution in [-0.4, -0.2) is 33.9 Å². The molecule has 0 unspecified atom stereocenters. The maximum absolute atomic E-state index is 13.0. The Morgan fingerprint density at radius 3 is 2.65 bits per heavy atom. The smallest absolute Gasteiger partial charge is 0.344 e. The van der Waals surface area contributed by atoms with Gasteiger partial charge in [0.15, 0.2) is 17.1 Å². The molecule has 0 aliphatic carbocycles. The number of fused-ring (bicyclic) bond motifs is 3. The van der Waals surface area contributed by atoms with Crippen LogP contribution in [0.2, 0.25) is 0 Å². The largest absolute Gasteiger partial charge is 0.462 e. The van der Waals surface area contributed by atoms with Crippen LogP contribution < -0.4 is 15.2 Å².